The van der Waals surface area contributed by atoms with E-state index in [1.807, 2.05) is 19.9 Å². The third kappa shape index (κ3) is 4.58. The average molecular weight is 389 g/mol. The first kappa shape index (κ1) is 20.7. The molecule has 1 N–H and O–H groups in total. The van der Waals surface area contributed by atoms with Crippen molar-refractivity contribution in [2.24, 2.45) is 5.92 Å². The highest BCUT2D eigenvalue weighted by atomic mass is 35.5. The van der Waals surface area contributed by atoms with Crippen molar-refractivity contribution in [3.05, 3.63) is 77.1 Å². The van der Waals surface area contributed by atoms with Gasteiger partial charge >= 0.3 is 5.97 Å². The van der Waals surface area contributed by atoms with E-state index in [0.717, 1.165) is 6.42 Å². The van der Waals surface area contributed by atoms with E-state index in [2.05, 4.69) is 6.58 Å². The molecule has 0 bridgehead atoms. The Morgan fingerprint density at radius 2 is 2.04 bits per heavy atom. The quantitative estimate of drug-likeness (QED) is 0.612. The van der Waals surface area contributed by atoms with Crippen molar-refractivity contribution in [2.75, 3.05) is 7.11 Å². The molecule has 1 atom stereocenters. The van der Waals surface area contributed by atoms with Gasteiger partial charge in [-0.1, -0.05) is 56.7 Å². The van der Waals surface area contributed by atoms with E-state index in [4.69, 9.17) is 16.3 Å². The number of carboxylic acids is 1. The summed E-state index contributed by atoms with van der Waals surface area (Å²) in [5, 5.41) is 9.82. The minimum absolute atomic E-state index is 0.0678. The van der Waals surface area contributed by atoms with Crippen LogP contribution in [0.25, 0.3) is 10.6 Å². The Morgan fingerprint density at radius 3 is 2.63 bits per heavy atom. The molecule has 1 unspecified atom stereocenters. The minimum atomic E-state index is -1.09. The van der Waals surface area contributed by atoms with Gasteiger partial charge in [-0.25, -0.2) is 9.18 Å². The summed E-state index contributed by atoms with van der Waals surface area (Å²) in [6.07, 6.45) is 2.80. The summed E-state index contributed by atoms with van der Waals surface area (Å²) < 4.78 is 19.8. The zero-order chi connectivity index (χ0) is 20.1. The number of halogens is 2. The van der Waals surface area contributed by atoms with E-state index in [-0.39, 0.29) is 17.0 Å². The molecule has 0 fully saturated rings. The van der Waals surface area contributed by atoms with Crippen molar-refractivity contribution in [3.8, 4) is 5.75 Å². The maximum Gasteiger partial charge on any atom is 0.335 e. The van der Waals surface area contributed by atoms with Crippen LogP contribution in [0.15, 0.2) is 49.1 Å². The monoisotopic (exact) mass is 388 g/mol. The van der Waals surface area contributed by atoms with Crippen molar-refractivity contribution in [2.45, 2.75) is 20.3 Å². The fourth-order valence-corrected chi connectivity index (χ4v) is 3.07. The van der Waals surface area contributed by atoms with E-state index >= 15 is 0 Å². The summed E-state index contributed by atoms with van der Waals surface area (Å²) in [6.45, 7) is 8.08. The van der Waals surface area contributed by atoms with Crippen molar-refractivity contribution >= 4 is 28.2 Å². The summed E-state index contributed by atoms with van der Waals surface area (Å²) in [4.78, 5) is 11.4. The lowest BCUT2D eigenvalue weighted by Crippen LogP contribution is -2.03. The molecule has 0 radical (unpaired) electrons. The fourth-order valence-electron chi connectivity index (χ4n) is 2.69. The van der Waals surface area contributed by atoms with Gasteiger partial charge in [0.05, 0.1) is 18.2 Å². The van der Waals surface area contributed by atoms with Gasteiger partial charge in [0.2, 0.25) is 0 Å². The van der Waals surface area contributed by atoms with Crippen LogP contribution >= 0.6 is 11.6 Å². The largest absolute Gasteiger partial charge is 0.496 e. The third-order valence-electron chi connectivity index (χ3n) is 4.42. The van der Waals surface area contributed by atoms with Crippen molar-refractivity contribution in [3.63, 3.8) is 0 Å². The van der Waals surface area contributed by atoms with Crippen LogP contribution in [0.3, 0.4) is 0 Å². The van der Waals surface area contributed by atoms with Crippen molar-refractivity contribution < 1.29 is 19.0 Å². The third-order valence-corrected chi connectivity index (χ3v) is 4.75. The normalized spacial score (nSPS) is 12.6. The van der Waals surface area contributed by atoms with Crippen molar-refractivity contribution in [1.82, 2.24) is 0 Å². The number of hydrogen-bond donors (Lipinski definition) is 1. The lowest BCUT2D eigenvalue weighted by Gasteiger charge is -2.17. The number of allylic oxidation sites excluding steroid dienone is 1. The average Bonchev–Trinajstić information content (AvgIpc) is 2.66. The van der Waals surface area contributed by atoms with Crippen LogP contribution in [0.2, 0.25) is 0 Å². The Bertz CT molecular complexity index is 902. The fraction of sp³-hybridized carbons (Fsp3) is 0.227. The summed E-state index contributed by atoms with van der Waals surface area (Å²) in [7, 11) is 1.44. The molecule has 142 valence electrons. The first-order valence-electron chi connectivity index (χ1n) is 8.57. The van der Waals surface area contributed by atoms with Crippen LogP contribution in [0, 0.1) is 11.7 Å². The Labute approximate surface area is 163 Å². The second kappa shape index (κ2) is 8.87. The van der Waals surface area contributed by atoms with Crippen LogP contribution in [0.4, 0.5) is 4.39 Å². The number of rotatable bonds is 7. The summed E-state index contributed by atoms with van der Waals surface area (Å²) >= 11 is 6.51. The first-order valence-corrected chi connectivity index (χ1v) is 8.95. The van der Waals surface area contributed by atoms with Crippen LogP contribution in [0.5, 0.6) is 5.75 Å². The molecule has 2 aromatic carbocycles. The van der Waals surface area contributed by atoms with Crippen LogP contribution < -0.4 is 4.74 Å². The molecule has 0 spiro atoms. The lowest BCUT2D eigenvalue weighted by molar-refractivity contribution is 0.0697. The number of ether oxygens (including phenoxy) is 1. The Hall–Kier alpha value is -2.59. The zero-order valence-corrected chi connectivity index (χ0v) is 16.3. The Morgan fingerprint density at radius 1 is 1.33 bits per heavy atom. The molecule has 3 nitrogen and oxygen atoms in total. The molecule has 0 aliphatic rings. The van der Waals surface area contributed by atoms with E-state index < -0.39 is 11.8 Å². The summed E-state index contributed by atoms with van der Waals surface area (Å²) in [5.74, 6) is -1.04. The molecule has 27 heavy (non-hydrogen) atoms. The van der Waals surface area contributed by atoms with Gasteiger partial charge in [-0.3, -0.25) is 0 Å². The lowest BCUT2D eigenvalue weighted by atomic mass is 9.91. The number of carboxylic acid groups (broad SMARTS) is 1. The molecule has 0 saturated carbocycles. The van der Waals surface area contributed by atoms with E-state index in [1.54, 1.807) is 12.1 Å². The van der Waals surface area contributed by atoms with E-state index in [9.17, 15) is 14.3 Å². The molecule has 5 heteroatoms. The second-order valence-electron chi connectivity index (χ2n) is 6.26. The van der Waals surface area contributed by atoms with Crippen LogP contribution in [0.1, 0.15) is 47.3 Å². The summed E-state index contributed by atoms with van der Waals surface area (Å²) in [6, 6.07) is 9.02. The molecule has 0 heterocycles. The van der Waals surface area contributed by atoms with Gasteiger partial charge in [0.15, 0.2) is 0 Å². The molecule has 0 aromatic heterocycles. The summed E-state index contributed by atoms with van der Waals surface area (Å²) in [5.41, 5.74) is 1.59. The highest BCUT2D eigenvalue weighted by Crippen LogP contribution is 2.37. The number of aromatic carboxylic acids is 1. The molecular weight excluding hydrogens is 367 g/mol. The number of hydrogen-bond acceptors (Lipinski definition) is 2. The van der Waals surface area contributed by atoms with Crippen molar-refractivity contribution in [1.29, 1.82) is 0 Å². The Balaban J connectivity index is 2.70. The molecule has 0 saturated heterocycles. The predicted octanol–water partition coefficient (Wildman–Crippen LogP) is 6.22. The SMILES string of the molecule is C=C(c1cc(C(=O)O)ccc1/C(Cl)=C\C(C)CC)c1c(F)cccc1OC. The zero-order valence-electron chi connectivity index (χ0n) is 15.6. The van der Waals surface area contributed by atoms with Gasteiger partial charge in [-0.05, 0) is 41.3 Å². The topological polar surface area (TPSA) is 46.5 Å². The second-order valence-corrected chi connectivity index (χ2v) is 6.67. The maximum absolute atomic E-state index is 14.5. The highest BCUT2D eigenvalue weighted by molar-refractivity contribution is 6.49. The molecule has 0 amide bonds. The van der Waals surface area contributed by atoms with E-state index in [0.29, 0.717) is 27.5 Å². The molecule has 2 aromatic rings. The van der Waals surface area contributed by atoms with Gasteiger partial charge in [-0.15, -0.1) is 0 Å². The molecule has 0 aliphatic carbocycles. The molecule has 0 aliphatic heterocycles. The number of benzene rings is 2. The van der Waals surface area contributed by atoms with Gasteiger partial charge < -0.3 is 9.84 Å². The molecule has 2 rings (SSSR count). The maximum atomic E-state index is 14.5. The predicted molar refractivity (Wildman–Crippen MR) is 108 cm³/mol. The highest BCUT2D eigenvalue weighted by Gasteiger charge is 2.19. The van der Waals surface area contributed by atoms with Gasteiger partial charge in [0.1, 0.15) is 11.6 Å². The number of methoxy groups -OCH3 is 1. The van der Waals surface area contributed by atoms with Gasteiger partial charge in [-0.2, -0.15) is 0 Å². The molecular formula is C22H22ClFO3. The minimum Gasteiger partial charge on any atom is -0.496 e. The number of carbonyl (C=O) groups is 1. The van der Waals surface area contributed by atoms with Gasteiger partial charge in [0, 0.05) is 10.6 Å². The Kier molecular flexibility index (Phi) is 6.81. The van der Waals surface area contributed by atoms with E-state index in [1.165, 1.54) is 31.4 Å². The standard InChI is InChI=1S/C22H22ClFO3/c1-5-13(2)11-18(23)16-10-9-15(22(25)26)12-17(16)14(3)21-19(24)7-6-8-20(21)27-4/h6-13H,3,5H2,1-2,4H3,(H,25,26)/b18-11+. The van der Waals surface area contributed by atoms with Gasteiger partial charge in [0.25, 0.3) is 0 Å². The van der Waals surface area contributed by atoms with Crippen LogP contribution in [-0.4, -0.2) is 18.2 Å². The first-order chi connectivity index (χ1) is 12.8. The smallest absolute Gasteiger partial charge is 0.335 e. The van der Waals surface area contributed by atoms with Crippen LogP contribution in [-0.2, 0) is 0 Å².